The van der Waals surface area contributed by atoms with Crippen molar-refractivity contribution in [3.63, 3.8) is 0 Å². The second-order valence-electron chi connectivity index (χ2n) is 7.68. The second kappa shape index (κ2) is 7.43. The Kier molecular flexibility index (Phi) is 5.75. The van der Waals surface area contributed by atoms with Crippen LogP contribution >= 0.6 is 0 Å². The van der Waals surface area contributed by atoms with E-state index in [4.69, 9.17) is 15.2 Å². The van der Waals surface area contributed by atoms with E-state index in [2.05, 4.69) is 27.7 Å². The molecule has 24 heavy (non-hydrogen) atoms. The van der Waals surface area contributed by atoms with E-state index in [0.29, 0.717) is 42.7 Å². The molecule has 0 spiro atoms. The van der Waals surface area contributed by atoms with Gasteiger partial charge >= 0.3 is 0 Å². The minimum Gasteiger partial charge on any atom is -0.493 e. The topological polar surface area (TPSA) is 64.8 Å². The first kappa shape index (κ1) is 18.6. The number of ether oxygens (including phenoxy) is 2. The number of nitrogens with two attached hydrogens (primary N) is 1. The number of carbonyl (C=O) groups excluding carboxylic acids is 1. The highest BCUT2D eigenvalue weighted by Crippen LogP contribution is 2.31. The van der Waals surface area contributed by atoms with E-state index in [1.54, 1.807) is 13.2 Å². The van der Waals surface area contributed by atoms with Gasteiger partial charge in [0.05, 0.1) is 13.7 Å². The maximum atomic E-state index is 12.8. The summed E-state index contributed by atoms with van der Waals surface area (Å²) >= 11 is 0. The van der Waals surface area contributed by atoms with Crippen LogP contribution in [0.4, 0.5) is 0 Å². The van der Waals surface area contributed by atoms with Gasteiger partial charge in [-0.3, -0.25) is 4.79 Å². The van der Waals surface area contributed by atoms with Gasteiger partial charge in [-0.15, -0.1) is 0 Å². The van der Waals surface area contributed by atoms with Gasteiger partial charge in [-0.2, -0.15) is 0 Å². The highest BCUT2D eigenvalue weighted by atomic mass is 16.5. The summed E-state index contributed by atoms with van der Waals surface area (Å²) in [7, 11) is 1.59. The van der Waals surface area contributed by atoms with Gasteiger partial charge in [-0.1, -0.05) is 27.7 Å². The summed E-state index contributed by atoms with van der Waals surface area (Å²) in [5.41, 5.74) is 6.71. The van der Waals surface area contributed by atoms with Crippen LogP contribution in [-0.2, 0) is 0 Å². The Morgan fingerprint density at radius 3 is 2.67 bits per heavy atom. The van der Waals surface area contributed by atoms with Crippen molar-refractivity contribution in [3.8, 4) is 11.5 Å². The largest absolute Gasteiger partial charge is 0.493 e. The van der Waals surface area contributed by atoms with Gasteiger partial charge in [0.25, 0.3) is 5.91 Å². The normalized spacial score (nSPS) is 20.1. The zero-order valence-electron chi connectivity index (χ0n) is 15.5. The SMILES string of the molecule is COc1cc(C(=O)N2CCC(N)C(C)(C)C2)ccc1OCC(C)C. The first-order valence-electron chi connectivity index (χ1n) is 8.60. The molecule has 1 aliphatic rings. The molecule has 1 heterocycles. The molecular formula is C19H30N2O3. The average Bonchev–Trinajstić information content (AvgIpc) is 2.54. The van der Waals surface area contributed by atoms with E-state index in [9.17, 15) is 4.79 Å². The fourth-order valence-corrected chi connectivity index (χ4v) is 2.91. The van der Waals surface area contributed by atoms with Gasteiger partial charge in [0.1, 0.15) is 0 Å². The number of hydrogen-bond donors (Lipinski definition) is 1. The predicted molar refractivity (Wildman–Crippen MR) is 95.6 cm³/mol. The van der Waals surface area contributed by atoms with Crippen LogP contribution in [0.25, 0.3) is 0 Å². The highest BCUT2D eigenvalue weighted by molar-refractivity contribution is 5.95. The molecule has 1 atom stereocenters. The van der Waals surface area contributed by atoms with Gasteiger partial charge in [0.2, 0.25) is 0 Å². The third-order valence-electron chi connectivity index (χ3n) is 4.58. The Bertz CT molecular complexity index is 584. The Morgan fingerprint density at radius 2 is 2.08 bits per heavy atom. The van der Waals surface area contributed by atoms with Crippen molar-refractivity contribution < 1.29 is 14.3 Å². The van der Waals surface area contributed by atoms with Gasteiger partial charge in [-0.25, -0.2) is 0 Å². The fourth-order valence-electron chi connectivity index (χ4n) is 2.91. The Hall–Kier alpha value is -1.75. The predicted octanol–water partition coefficient (Wildman–Crippen LogP) is 2.93. The van der Waals surface area contributed by atoms with Gasteiger partial charge in [0.15, 0.2) is 11.5 Å². The maximum absolute atomic E-state index is 12.8. The number of benzene rings is 1. The summed E-state index contributed by atoms with van der Waals surface area (Å²) in [5.74, 6) is 1.71. The molecule has 0 radical (unpaired) electrons. The number of hydrogen-bond acceptors (Lipinski definition) is 4. The summed E-state index contributed by atoms with van der Waals surface area (Å²) < 4.78 is 11.1. The van der Waals surface area contributed by atoms with Crippen LogP contribution < -0.4 is 15.2 Å². The third kappa shape index (κ3) is 4.20. The standard InChI is InChI=1S/C19H30N2O3/c1-13(2)11-24-15-7-6-14(10-16(15)23-5)18(22)21-9-8-17(20)19(3,4)12-21/h6-7,10,13,17H,8-9,11-12,20H2,1-5H3. The molecule has 1 aromatic carbocycles. The van der Waals surface area contributed by atoms with Crippen molar-refractivity contribution in [1.29, 1.82) is 0 Å². The van der Waals surface area contributed by atoms with Crippen LogP contribution in [0.1, 0.15) is 44.5 Å². The molecule has 134 valence electrons. The van der Waals surface area contributed by atoms with Crippen molar-refractivity contribution in [3.05, 3.63) is 23.8 Å². The summed E-state index contributed by atoms with van der Waals surface area (Å²) in [5, 5.41) is 0. The van der Waals surface area contributed by atoms with E-state index >= 15 is 0 Å². The van der Waals surface area contributed by atoms with Gasteiger partial charge in [-0.05, 0) is 36.0 Å². The molecular weight excluding hydrogens is 304 g/mol. The monoisotopic (exact) mass is 334 g/mol. The van der Waals surface area contributed by atoms with E-state index in [1.807, 2.05) is 17.0 Å². The molecule has 2 N–H and O–H groups in total. The van der Waals surface area contributed by atoms with Crippen molar-refractivity contribution in [1.82, 2.24) is 4.90 Å². The van der Waals surface area contributed by atoms with Crippen molar-refractivity contribution in [2.75, 3.05) is 26.8 Å². The molecule has 1 aromatic rings. The zero-order chi connectivity index (χ0) is 17.9. The zero-order valence-corrected chi connectivity index (χ0v) is 15.5. The van der Waals surface area contributed by atoms with Crippen LogP contribution in [0, 0.1) is 11.3 Å². The van der Waals surface area contributed by atoms with Crippen LogP contribution in [-0.4, -0.2) is 43.7 Å². The van der Waals surface area contributed by atoms with E-state index in [1.165, 1.54) is 0 Å². The number of carbonyl (C=O) groups is 1. The molecule has 1 fully saturated rings. The summed E-state index contributed by atoms with van der Waals surface area (Å²) in [6, 6.07) is 5.51. The van der Waals surface area contributed by atoms with E-state index in [-0.39, 0.29) is 17.4 Å². The molecule has 0 saturated carbocycles. The summed E-state index contributed by atoms with van der Waals surface area (Å²) in [4.78, 5) is 14.7. The van der Waals surface area contributed by atoms with Crippen LogP contribution in [0.2, 0.25) is 0 Å². The van der Waals surface area contributed by atoms with Gasteiger partial charge in [0, 0.05) is 24.7 Å². The lowest BCUT2D eigenvalue weighted by Crippen LogP contribution is -2.54. The molecule has 2 rings (SSSR count). The summed E-state index contributed by atoms with van der Waals surface area (Å²) in [6.45, 7) is 10.4. The van der Waals surface area contributed by atoms with Crippen molar-refractivity contribution in [2.24, 2.45) is 17.1 Å². The Labute approximate surface area is 145 Å². The van der Waals surface area contributed by atoms with Gasteiger partial charge < -0.3 is 20.1 Å². The number of piperidine rings is 1. The molecule has 0 bridgehead atoms. The maximum Gasteiger partial charge on any atom is 0.254 e. The molecule has 1 unspecified atom stereocenters. The smallest absolute Gasteiger partial charge is 0.254 e. The lowest BCUT2D eigenvalue weighted by molar-refractivity contribution is 0.0532. The molecule has 0 aromatic heterocycles. The lowest BCUT2D eigenvalue weighted by atomic mass is 9.79. The number of nitrogens with zero attached hydrogens (tertiary/aromatic N) is 1. The number of rotatable bonds is 5. The average molecular weight is 334 g/mol. The molecule has 5 heteroatoms. The number of amides is 1. The van der Waals surface area contributed by atoms with Crippen LogP contribution in [0.5, 0.6) is 11.5 Å². The Morgan fingerprint density at radius 1 is 1.38 bits per heavy atom. The molecule has 0 aliphatic carbocycles. The molecule has 1 aliphatic heterocycles. The quantitative estimate of drug-likeness (QED) is 0.899. The number of methoxy groups -OCH3 is 1. The fraction of sp³-hybridized carbons (Fsp3) is 0.632. The lowest BCUT2D eigenvalue weighted by Gasteiger charge is -2.42. The highest BCUT2D eigenvalue weighted by Gasteiger charge is 2.35. The first-order valence-corrected chi connectivity index (χ1v) is 8.60. The summed E-state index contributed by atoms with van der Waals surface area (Å²) in [6.07, 6.45) is 0.825. The van der Waals surface area contributed by atoms with Crippen molar-refractivity contribution >= 4 is 5.91 Å². The molecule has 1 amide bonds. The number of likely N-dealkylation sites (tertiary alicyclic amines) is 1. The van der Waals surface area contributed by atoms with Crippen LogP contribution in [0.3, 0.4) is 0 Å². The van der Waals surface area contributed by atoms with E-state index < -0.39 is 0 Å². The molecule has 5 nitrogen and oxygen atoms in total. The first-order chi connectivity index (χ1) is 11.2. The third-order valence-corrected chi connectivity index (χ3v) is 4.58. The Balaban J connectivity index is 2.15. The van der Waals surface area contributed by atoms with E-state index in [0.717, 1.165) is 6.42 Å². The minimum absolute atomic E-state index is 0.0173. The molecule has 1 saturated heterocycles. The second-order valence-corrected chi connectivity index (χ2v) is 7.68. The van der Waals surface area contributed by atoms with Crippen molar-refractivity contribution in [2.45, 2.75) is 40.2 Å². The minimum atomic E-state index is -0.0711. The van der Waals surface area contributed by atoms with Crippen LogP contribution in [0.15, 0.2) is 18.2 Å².